The molecule has 0 aromatic carbocycles. The molecule has 0 atom stereocenters. The van der Waals surface area contributed by atoms with Crippen molar-refractivity contribution in [2.24, 2.45) is 5.84 Å². The summed E-state index contributed by atoms with van der Waals surface area (Å²) < 4.78 is 0. The Hall–Kier alpha value is -0.870. The molecule has 1 aromatic heterocycles. The molecule has 0 bridgehead atoms. The molecule has 1 heterocycles. The van der Waals surface area contributed by atoms with Crippen LogP contribution in [0.25, 0.3) is 0 Å². The molecular weight excluding hydrogens is 152 g/mol. The van der Waals surface area contributed by atoms with Crippen LogP contribution in [0.2, 0.25) is 0 Å². The van der Waals surface area contributed by atoms with Crippen molar-refractivity contribution in [1.82, 2.24) is 15.6 Å². The third-order valence-electron chi connectivity index (χ3n) is 1.76. The third-order valence-corrected chi connectivity index (χ3v) is 1.76. The first-order valence-corrected chi connectivity index (χ1v) is 4.02. The predicted octanol–water partition coefficient (Wildman–Crippen LogP) is 0.671. The topological polar surface area (TPSA) is 66.7 Å². The molecule has 0 aliphatic carbocycles. The van der Waals surface area contributed by atoms with Gasteiger partial charge in [0.1, 0.15) is 0 Å². The second-order valence-corrected chi connectivity index (χ2v) is 3.90. The number of rotatable bonds is 2. The van der Waals surface area contributed by atoms with Crippen molar-refractivity contribution < 1.29 is 0 Å². The highest BCUT2D eigenvalue weighted by molar-refractivity contribution is 5.22. The number of nitrogens with two attached hydrogens (primary N) is 1. The zero-order valence-electron chi connectivity index (χ0n) is 7.81. The van der Waals surface area contributed by atoms with Crippen molar-refractivity contribution in [3.05, 3.63) is 17.5 Å². The second-order valence-electron chi connectivity index (χ2n) is 3.90. The minimum absolute atomic E-state index is 0.0999. The van der Waals surface area contributed by atoms with E-state index in [1.165, 1.54) is 0 Å². The summed E-state index contributed by atoms with van der Waals surface area (Å²) in [5.41, 5.74) is 4.99. The van der Waals surface area contributed by atoms with Gasteiger partial charge in [-0.25, -0.2) is 0 Å². The molecule has 0 aliphatic heterocycles. The SMILES string of the molecule is CC(C)(C)c1[nH]ncc1CNN. The maximum absolute atomic E-state index is 5.24. The monoisotopic (exact) mass is 168 g/mol. The second kappa shape index (κ2) is 3.25. The molecule has 12 heavy (non-hydrogen) atoms. The van der Waals surface area contributed by atoms with Crippen LogP contribution in [0, 0.1) is 0 Å². The molecule has 1 rings (SSSR count). The summed E-state index contributed by atoms with van der Waals surface area (Å²) in [7, 11) is 0. The summed E-state index contributed by atoms with van der Waals surface area (Å²) in [6, 6.07) is 0. The molecule has 68 valence electrons. The molecule has 0 fully saturated rings. The molecule has 0 radical (unpaired) electrons. The van der Waals surface area contributed by atoms with Crippen LogP contribution in [0.3, 0.4) is 0 Å². The van der Waals surface area contributed by atoms with Crippen LogP contribution in [-0.4, -0.2) is 10.2 Å². The fourth-order valence-electron chi connectivity index (χ4n) is 1.20. The molecule has 0 spiro atoms. The summed E-state index contributed by atoms with van der Waals surface area (Å²) in [5, 5.41) is 6.97. The Kier molecular flexibility index (Phi) is 2.49. The summed E-state index contributed by atoms with van der Waals surface area (Å²) >= 11 is 0. The standard InChI is InChI=1S/C8H16N4/c1-8(2,3)7-6(4-10-9)5-11-12-7/h5,10H,4,9H2,1-3H3,(H,11,12). The largest absolute Gasteiger partial charge is 0.282 e. The number of hydrazine groups is 1. The summed E-state index contributed by atoms with van der Waals surface area (Å²) in [6.45, 7) is 7.07. The van der Waals surface area contributed by atoms with Gasteiger partial charge in [0.15, 0.2) is 0 Å². The molecule has 0 amide bonds. The molecule has 0 aliphatic rings. The highest BCUT2D eigenvalue weighted by Gasteiger charge is 2.19. The van der Waals surface area contributed by atoms with Gasteiger partial charge in [-0.05, 0) is 0 Å². The Morgan fingerprint density at radius 1 is 1.58 bits per heavy atom. The number of nitrogens with zero attached hydrogens (tertiary/aromatic N) is 1. The van der Waals surface area contributed by atoms with Crippen LogP contribution in [-0.2, 0) is 12.0 Å². The number of hydrogen-bond acceptors (Lipinski definition) is 3. The maximum atomic E-state index is 5.24. The quantitative estimate of drug-likeness (QED) is 0.449. The summed E-state index contributed by atoms with van der Waals surface area (Å²) in [4.78, 5) is 0. The molecular formula is C8H16N4. The molecule has 1 aromatic rings. The summed E-state index contributed by atoms with van der Waals surface area (Å²) in [5.74, 6) is 5.24. The third kappa shape index (κ3) is 1.84. The van der Waals surface area contributed by atoms with Gasteiger partial charge < -0.3 is 0 Å². The Balaban J connectivity index is 2.91. The van der Waals surface area contributed by atoms with Crippen LogP contribution in [0.1, 0.15) is 32.0 Å². The molecule has 0 saturated heterocycles. The van der Waals surface area contributed by atoms with E-state index in [1.807, 2.05) is 0 Å². The Bertz CT molecular complexity index is 246. The first-order valence-electron chi connectivity index (χ1n) is 4.02. The minimum Gasteiger partial charge on any atom is -0.282 e. The molecule has 0 unspecified atom stereocenters. The van der Waals surface area contributed by atoms with Gasteiger partial charge in [-0.2, -0.15) is 5.10 Å². The lowest BCUT2D eigenvalue weighted by atomic mass is 9.90. The lowest BCUT2D eigenvalue weighted by molar-refractivity contribution is 0.555. The van der Waals surface area contributed by atoms with E-state index in [-0.39, 0.29) is 5.41 Å². The van der Waals surface area contributed by atoms with Crippen molar-refractivity contribution in [2.45, 2.75) is 32.7 Å². The zero-order chi connectivity index (χ0) is 9.19. The predicted molar refractivity (Wildman–Crippen MR) is 48.3 cm³/mol. The Labute approximate surface area is 72.5 Å². The van der Waals surface area contributed by atoms with E-state index < -0.39 is 0 Å². The van der Waals surface area contributed by atoms with E-state index in [4.69, 9.17) is 5.84 Å². The van der Waals surface area contributed by atoms with Gasteiger partial charge >= 0.3 is 0 Å². The highest BCUT2D eigenvalue weighted by Crippen LogP contribution is 2.22. The van der Waals surface area contributed by atoms with E-state index in [0.29, 0.717) is 6.54 Å². The average Bonchev–Trinajstić information content (AvgIpc) is 2.34. The van der Waals surface area contributed by atoms with Gasteiger partial charge in [0.2, 0.25) is 0 Å². The van der Waals surface area contributed by atoms with Crippen molar-refractivity contribution in [3.8, 4) is 0 Å². The lowest BCUT2D eigenvalue weighted by Gasteiger charge is -2.18. The highest BCUT2D eigenvalue weighted by atomic mass is 15.2. The molecule has 4 heteroatoms. The van der Waals surface area contributed by atoms with E-state index >= 15 is 0 Å². The number of aromatic nitrogens is 2. The fourth-order valence-corrected chi connectivity index (χ4v) is 1.20. The minimum atomic E-state index is 0.0999. The van der Waals surface area contributed by atoms with Crippen molar-refractivity contribution in [1.29, 1.82) is 0 Å². The normalized spacial score (nSPS) is 12.0. The maximum Gasteiger partial charge on any atom is 0.0535 e. The van der Waals surface area contributed by atoms with Crippen LogP contribution in [0.4, 0.5) is 0 Å². The Morgan fingerprint density at radius 2 is 2.25 bits per heavy atom. The van der Waals surface area contributed by atoms with E-state index in [0.717, 1.165) is 11.3 Å². The average molecular weight is 168 g/mol. The van der Waals surface area contributed by atoms with Gasteiger partial charge in [0, 0.05) is 23.2 Å². The van der Waals surface area contributed by atoms with Gasteiger partial charge in [-0.15, -0.1) is 0 Å². The zero-order valence-corrected chi connectivity index (χ0v) is 7.81. The van der Waals surface area contributed by atoms with Crippen LogP contribution < -0.4 is 11.3 Å². The van der Waals surface area contributed by atoms with Crippen molar-refractivity contribution in [3.63, 3.8) is 0 Å². The van der Waals surface area contributed by atoms with E-state index in [9.17, 15) is 0 Å². The molecule has 4 N–H and O–H groups in total. The Morgan fingerprint density at radius 3 is 2.75 bits per heavy atom. The number of hydrogen-bond donors (Lipinski definition) is 3. The van der Waals surface area contributed by atoms with Gasteiger partial charge in [-0.1, -0.05) is 20.8 Å². The first kappa shape index (κ1) is 9.22. The lowest BCUT2D eigenvalue weighted by Crippen LogP contribution is -2.23. The molecule has 4 nitrogen and oxygen atoms in total. The smallest absolute Gasteiger partial charge is 0.0535 e. The van der Waals surface area contributed by atoms with E-state index in [1.54, 1.807) is 6.20 Å². The number of nitrogens with one attached hydrogen (secondary N) is 2. The van der Waals surface area contributed by atoms with Crippen LogP contribution >= 0.6 is 0 Å². The van der Waals surface area contributed by atoms with Crippen molar-refractivity contribution >= 4 is 0 Å². The van der Waals surface area contributed by atoms with Gasteiger partial charge in [-0.3, -0.25) is 16.4 Å². The van der Waals surface area contributed by atoms with Gasteiger partial charge in [0.05, 0.1) is 6.20 Å². The van der Waals surface area contributed by atoms with Crippen LogP contribution in [0.5, 0.6) is 0 Å². The number of H-pyrrole nitrogens is 1. The molecule has 0 saturated carbocycles. The van der Waals surface area contributed by atoms with Crippen LogP contribution in [0.15, 0.2) is 6.20 Å². The fraction of sp³-hybridized carbons (Fsp3) is 0.625. The van der Waals surface area contributed by atoms with Gasteiger partial charge in [0.25, 0.3) is 0 Å². The first-order chi connectivity index (χ1) is 5.55. The number of aromatic amines is 1. The summed E-state index contributed by atoms with van der Waals surface area (Å²) in [6.07, 6.45) is 1.81. The van der Waals surface area contributed by atoms with E-state index in [2.05, 4.69) is 36.4 Å². The van der Waals surface area contributed by atoms with Crippen molar-refractivity contribution in [2.75, 3.05) is 0 Å².